The van der Waals surface area contributed by atoms with Gasteiger partial charge in [0.15, 0.2) is 0 Å². The third-order valence-corrected chi connectivity index (χ3v) is 4.92. The van der Waals surface area contributed by atoms with Gasteiger partial charge < -0.3 is 10.2 Å². The predicted molar refractivity (Wildman–Crippen MR) is 106 cm³/mol. The summed E-state index contributed by atoms with van der Waals surface area (Å²) < 4.78 is 0. The predicted octanol–water partition coefficient (Wildman–Crippen LogP) is 4.51. The zero-order valence-corrected chi connectivity index (χ0v) is 15.5. The molecule has 2 amide bonds. The van der Waals surface area contributed by atoms with E-state index in [4.69, 9.17) is 0 Å². The molecule has 1 heterocycles. The van der Waals surface area contributed by atoms with Crippen LogP contribution in [0.25, 0.3) is 0 Å². The van der Waals surface area contributed by atoms with Gasteiger partial charge in [-0.05, 0) is 48.6 Å². The van der Waals surface area contributed by atoms with Crippen molar-refractivity contribution < 1.29 is 9.59 Å². The zero-order valence-electron chi connectivity index (χ0n) is 15.5. The van der Waals surface area contributed by atoms with E-state index in [0.29, 0.717) is 6.42 Å². The Morgan fingerprint density at radius 1 is 1.12 bits per heavy atom. The Morgan fingerprint density at radius 3 is 2.58 bits per heavy atom. The maximum Gasteiger partial charge on any atom is 0.231 e. The quantitative estimate of drug-likeness (QED) is 0.833. The Balaban J connectivity index is 1.78. The zero-order chi connectivity index (χ0) is 18.5. The summed E-state index contributed by atoms with van der Waals surface area (Å²) in [7, 11) is 0. The minimum absolute atomic E-state index is 0.0101. The molecule has 0 fully saturated rings. The fourth-order valence-electron chi connectivity index (χ4n) is 3.59. The summed E-state index contributed by atoms with van der Waals surface area (Å²) in [6, 6.07) is 15.7. The molecular formula is C22H26N2O2. The van der Waals surface area contributed by atoms with Gasteiger partial charge in [0.05, 0.1) is 5.92 Å². The first-order valence-corrected chi connectivity index (χ1v) is 9.43. The molecule has 0 aromatic heterocycles. The van der Waals surface area contributed by atoms with E-state index in [9.17, 15) is 9.59 Å². The molecule has 1 N–H and O–H groups in total. The number of carbonyl (C=O) groups is 2. The molecule has 0 bridgehead atoms. The Hall–Kier alpha value is -2.62. The lowest BCUT2D eigenvalue weighted by atomic mass is 9.95. The first-order chi connectivity index (χ1) is 12.6. The summed E-state index contributed by atoms with van der Waals surface area (Å²) >= 11 is 0. The van der Waals surface area contributed by atoms with Crippen molar-refractivity contribution in [1.29, 1.82) is 0 Å². The van der Waals surface area contributed by atoms with E-state index < -0.39 is 0 Å². The molecule has 0 spiro atoms. The molecule has 0 saturated heterocycles. The average Bonchev–Trinajstić information content (AvgIpc) is 2.65. The third-order valence-electron chi connectivity index (χ3n) is 4.92. The number of hydrogen-bond donors (Lipinski definition) is 1. The lowest BCUT2D eigenvalue weighted by Crippen LogP contribution is -2.35. The molecule has 4 nitrogen and oxygen atoms in total. The lowest BCUT2D eigenvalue weighted by Gasteiger charge is -2.29. The van der Waals surface area contributed by atoms with E-state index >= 15 is 0 Å². The SMILES string of the molecule is CCCN1C(=O)CCc2cc(NC(=O)[C@@H](CC)c3ccccc3)ccc21. The van der Waals surface area contributed by atoms with Crippen LogP contribution in [0.3, 0.4) is 0 Å². The van der Waals surface area contributed by atoms with Crippen molar-refractivity contribution >= 4 is 23.2 Å². The fraction of sp³-hybridized carbons (Fsp3) is 0.364. The van der Waals surface area contributed by atoms with E-state index in [1.165, 1.54) is 0 Å². The summed E-state index contributed by atoms with van der Waals surface area (Å²) in [5.74, 6) is 0.0348. The largest absolute Gasteiger partial charge is 0.326 e. The standard InChI is InChI=1S/C22H26N2O2/c1-3-14-24-20-12-11-18(15-17(20)10-13-21(24)25)23-22(26)19(4-2)16-8-6-5-7-9-16/h5-9,11-12,15,19H,3-4,10,13-14H2,1-2H3,(H,23,26)/t19-/m0/s1. The van der Waals surface area contributed by atoms with Gasteiger partial charge in [0.2, 0.25) is 11.8 Å². The average molecular weight is 350 g/mol. The highest BCUT2D eigenvalue weighted by Gasteiger charge is 2.24. The van der Waals surface area contributed by atoms with Gasteiger partial charge in [-0.3, -0.25) is 9.59 Å². The third kappa shape index (κ3) is 3.79. The second-order valence-electron chi connectivity index (χ2n) is 6.75. The van der Waals surface area contributed by atoms with Crippen molar-refractivity contribution in [2.75, 3.05) is 16.8 Å². The Kier molecular flexibility index (Phi) is 5.71. The number of hydrogen-bond acceptors (Lipinski definition) is 2. The van der Waals surface area contributed by atoms with E-state index in [-0.39, 0.29) is 17.7 Å². The van der Waals surface area contributed by atoms with Crippen molar-refractivity contribution in [2.24, 2.45) is 0 Å². The first-order valence-electron chi connectivity index (χ1n) is 9.43. The summed E-state index contributed by atoms with van der Waals surface area (Å²) in [6.07, 6.45) is 2.94. The van der Waals surface area contributed by atoms with Crippen LogP contribution >= 0.6 is 0 Å². The van der Waals surface area contributed by atoms with Gasteiger partial charge in [-0.2, -0.15) is 0 Å². The van der Waals surface area contributed by atoms with Crippen molar-refractivity contribution in [3.63, 3.8) is 0 Å². The maximum absolute atomic E-state index is 12.8. The van der Waals surface area contributed by atoms with E-state index in [0.717, 1.165) is 48.3 Å². The summed E-state index contributed by atoms with van der Waals surface area (Å²) in [4.78, 5) is 26.8. The smallest absolute Gasteiger partial charge is 0.231 e. The van der Waals surface area contributed by atoms with Crippen LogP contribution < -0.4 is 10.2 Å². The number of nitrogens with zero attached hydrogens (tertiary/aromatic N) is 1. The van der Waals surface area contributed by atoms with Crippen LogP contribution in [-0.2, 0) is 16.0 Å². The van der Waals surface area contributed by atoms with Gasteiger partial charge in [0, 0.05) is 24.3 Å². The minimum atomic E-state index is -0.162. The number of rotatable bonds is 6. The van der Waals surface area contributed by atoms with Crippen LogP contribution in [0.15, 0.2) is 48.5 Å². The first kappa shape index (κ1) is 18.2. The number of benzene rings is 2. The Labute approximate surface area is 155 Å². The number of fused-ring (bicyclic) bond motifs is 1. The molecule has 0 unspecified atom stereocenters. The van der Waals surface area contributed by atoms with Crippen molar-refractivity contribution in [1.82, 2.24) is 0 Å². The normalized spacial score (nSPS) is 14.7. The highest BCUT2D eigenvalue weighted by Crippen LogP contribution is 2.31. The van der Waals surface area contributed by atoms with Crippen LogP contribution in [0.1, 0.15) is 50.2 Å². The fourth-order valence-corrected chi connectivity index (χ4v) is 3.59. The monoisotopic (exact) mass is 350 g/mol. The van der Waals surface area contributed by atoms with Gasteiger partial charge in [-0.15, -0.1) is 0 Å². The number of aryl methyl sites for hydroxylation is 1. The van der Waals surface area contributed by atoms with Gasteiger partial charge in [-0.25, -0.2) is 0 Å². The highest BCUT2D eigenvalue weighted by atomic mass is 16.2. The molecule has 3 rings (SSSR count). The van der Waals surface area contributed by atoms with Gasteiger partial charge in [0.25, 0.3) is 0 Å². The van der Waals surface area contributed by atoms with Gasteiger partial charge in [-0.1, -0.05) is 44.2 Å². The molecule has 1 aliphatic heterocycles. The van der Waals surface area contributed by atoms with Crippen LogP contribution in [0.5, 0.6) is 0 Å². The molecule has 4 heteroatoms. The van der Waals surface area contributed by atoms with Crippen LogP contribution in [0.2, 0.25) is 0 Å². The topological polar surface area (TPSA) is 49.4 Å². The Bertz CT molecular complexity index is 786. The lowest BCUT2D eigenvalue weighted by molar-refractivity contribution is -0.119. The van der Waals surface area contributed by atoms with Gasteiger partial charge in [0.1, 0.15) is 0 Å². The molecule has 1 atom stereocenters. The van der Waals surface area contributed by atoms with Gasteiger partial charge >= 0.3 is 0 Å². The molecule has 0 radical (unpaired) electrons. The van der Waals surface area contributed by atoms with E-state index in [1.807, 2.05) is 60.4 Å². The molecule has 136 valence electrons. The molecule has 0 aliphatic carbocycles. The highest BCUT2D eigenvalue weighted by molar-refractivity contribution is 5.98. The van der Waals surface area contributed by atoms with Crippen LogP contribution in [0.4, 0.5) is 11.4 Å². The Morgan fingerprint density at radius 2 is 1.88 bits per heavy atom. The molecule has 26 heavy (non-hydrogen) atoms. The minimum Gasteiger partial charge on any atom is -0.326 e. The molecule has 1 aliphatic rings. The summed E-state index contributed by atoms with van der Waals surface area (Å²) in [5, 5.41) is 3.06. The van der Waals surface area contributed by atoms with Crippen LogP contribution in [0, 0.1) is 0 Å². The molecule has 2 aromatic rings. The summed E-state index contributed by atoms with van der Waals surface area (Å²) in [6.45, 7) is 4.84. The maximum atomic E-state index is 12.8. The summed E-state index contributed by atoms with van der Waals surface area (Å²) in [5.41, 5.74) is 3.94. The van der Waals surface area contributed by atoms with Crippen molar-refractivity contribution in [3.8, 4) is 0 Å². The van der Waals surface area contributed by atoms with E-state index in [1.54, 1.807) is 0 Å². The number of carbonyl (C=O) groups excluding carboxylic acids is 2. The molecular weight excluding hydrogens is 324 g/mol. The van der Waals surface area contributed by atoms with Crippen molar-refractivity contribution in [3.05, 3.63) is 59.7 Å². The van der Waals surface area contributed by atoms with Crippen molar-refractivity contribution in [2.45, 2.75) is 45.4 Å². The number of amides is 2. The second kappa shape index (κ2) is 8.17. The number of anilines is 2. The van der Waals surface area contributed by atoms with Crippen LogP contribution in [-0.4, -0.2) is 18.4 Å². The second-order valence-corrected chi connectivity index (χ2v) is 6.75. The number of nitrogens with one attached hydrogen (secondary N) is 1. The van der Waals surface area contributed by atoms with E-state index in [2.05, 4.69) is 12.2 Å². The molecule has 0 saturated carbocycles. The molecule has 2 aromatic carbocycles.